The average molecular weight is 406 g/mol. The highest BCUT2D eigenvalue weighted by Crippen LogP contribution is 2.40. The molecular formula is C22H16BrNO2. The normalized spacial score (nSPS) is 17.5. The third-order valence-electron chi connectivity index (χ3n) is 4.28. The molecule has 0 saturated carbocycles. The number of nitrogens with one attached hydrogen (secondary N) is 1. The van der Waals surface area contributed by atoms with Gasteiger partial charge in [0.25, 0.3) is 0 Å². The summed E-state index contributed by atoms with van der Waals surface area (Å²) in [6, 6.07) is 24.9. The Morgan fingerprint density at radius 1 is 0.885 bits per heavy atom. The van der Waals surface area contributed by atoms with E-state index in [9.17, 15) is 4.79 Å². The number of benzene rings is 3. The monoisotopic (exact) mass is 405 g/mol. The number of halogens is 1. The Bertz CT molecular complexity index is 982. The van der Waals surface area contributed by atoms with Gasteiger partial charge < -0.3 is 10.1 Å². The molecule has 4 rings (SSSR count). The van der Waals surface area contributed by atoms with E-state index in [0.717, 1.165) is 15.7 Å². The Morgan fingerprint density at radius 3 is 2.38 bits per heavy atom. The van der Waals surface area contributed by atoms with E-state index in [2.05, 4.69) is 21.2 Å². The molecule has 0 fully saturated rings. The summed E-state index contributed by atoms with van der Waals surface area (Å²) in [5.41, 5.74) is 2.98. The third kappa shape index (κ3) is 3.16. The minimum absolute atomic E-state index is 0.0314. The van der Waals surface area contributed by atoms with Crippen LogP contribution in [0, 0.1) is 0 Å². The van der Waals surface area contributed by atoms with E-state index in [1.807, 2.05) is 72.8 Å². The molecule has 4 heteroatoms. The molecule has 1 aliphatic heterocycles. The molecule has 0 aliphatic carbocycles. The number of para-hydroxylation sites is 2. The Morgan fingerprint density at radius 2 is 1.58 bits per heavy atom. The summed E-state index contributed by atoms with van der Waals surface area (Å²) in [6.45, 7) is 0. The quantitative estimate of drug-likeness (QED) is 0.562. The van der Waals surface area contributed by atoms with Gasteiger partial charge in [-0.2, -0.15) is 0 Å². The number of carbonyl (C=O) groups is 1. The topological polar surface area (TPSA) is 38.3 Å². The number of ether oxygens (including phenoxy) is 1. The van der Waals surface area contributed by atoms with Crippen LogP contribution in [0.1, 0.15) is 22.0 Å². The van der Waals surface area contributed by atoms with Crippen molar-refractivity contribution in [3.63, 3.8) is 0 Å². The molecule has 128 valence electrons. The zero-order valence-corrected chi connectivity index (χ0v) is 15.4. The molecule has 1 aliphatic rings. The van der Waals surface area contributed by atoms with Crippen LogP contribution in [0.5, 0.6) is 5.75 Å². The Balaban J connectivity index is 1.79. The van der Waals surface area contributed by atoms with E-state index in [-0.39, 0.29) is 5.78 Å². The molecule has 0 saturated heterocycles. The lowest BCUT2D eigenvalue weighted by Crippen LogP contribution is -2.24. The van der Waals surface area contributed by atoms with Crippen molar-refractivity contribution in [2.45, 2.75) is 6.10 Å². The van der Waals surface area contributed by atoms with E-state index in [0.29, 0.717) is 16.9 Å². The van der Waals surface area contributed by atoms with Crippen molar-refractivity contribution < 1.29 is 9.53 Å². The number of hydrogen-bond donors (Lipinski definition) is 1. The van der Waals surface area contributed by atoms with Crippen molar-refractivity contribution in [1.29, 1.82) is 0 Å². The molecule has 3 nitrogen and oxygen atoms in total. The predicted molar refractivity (Wildman–Crippen MR) is 106 cm³/mol. The maximum atomic E-state index is 13.1. The lowest BCUT2D eigenvalue weighted by atomic mass is 9.91. The van der Waals surface area contributed by atoms with Gasteiger partial charge in [0.2, 0.25) is 0 Å². The second-order valence-corrected chi connectivity index (χ2v) is 6.81. The second kappa shape index (κ2) is 7.18. The maximum Gasteiger partial charge on any atom is 0.198 e. The Kier molecular flexibility index (Phi) is 4.59. The van der Waals surface area contributed by atoms with Crippen LogP contribution < -0.4 is 10.1 Å². The van der Waals surface area contributed by atoms with Gasteiger partial charge in [-0.05, 0) is 30.3 Å². The highest BCUT2D eigenvalue weighted by atomic mass is 79.9. The first-order valence-electron chi connectivity index (χ1n) is 8.30. The van der Waals surface area contributed by atoms with E-state index < -0.39 is 6.10 Å². The predicted octanol–water partition coefficient (Wildman–Crippen LogP) is 5.76. The molecule has 0 spiro atoms. The molecule has 1 heterocycles. The molecule has 0 radical (unpaired) electrons. The van der Waals surface area contributed by atoms with Crippen LogP contribution in [0.2, 0.25) is 0 Å². The van der Waals surface area contributed by atoms with Crippen LogP contribution in [-0.2, 0) is 0 Å². The van der Waals surface area contributed by atoms with Crippen molar-refractivity contribution in [2.24, 2.45) is 0 Å². The highest BCUT2D eigenvalue weighted by molar-refractivity contribution is 9.10. The summed E-state index contributed by atoms with van der Waals surface area (Å²) in [6.07, 6.45) is 1.27. The Hall–Kier alpha value is -2.85. The molecular weight excluding hydrogens is 390 g/mol. The van der Waals surface area contributed by atoms with E-state index in [4.69, 9.17) is 4.74 Å². The van der Waals surface area contributed by atoms with Crippen molar-refractivity contribution >= 4 is 27.4 Å². The van der Waals surface area contributed by atoms with Gasteiger partial charge >= 0.3 is 0 Å². The fraction of sp³-hybridized carbons (Fsp3) is 0.0455. The van der Waals surface area contributed by atoms with Crippen LogP contribution in [0.15, 0.2) is 95.1 Å². The molecule has 1 unspecified atom stereocenters. The van der Waals surface area contributed by atoms with Gasteiger partial charge in [0.15, 0.2) is 11.9 Å². The summed E-state index contributed by atoms with van der Waals surface area (Å²) in [5.74, 6) is 0.575. The van der Waals surface area contributed by atoms with Crippen LogP contribution >= 0.6 is 15.9 Å². The van der Waals surface area contributed by atoms with Crippen molar-refractivity contribution in [3.05, 3.63) is 106 Å². The third-order valence-corrected chi connectivity index (χ3v) is 5.00. The van der Waals surface area contributed by atoms with Gasteiger partial charge in [0.1, 0.15) is 5.75 Å². The summed E-state index contributed by atoms with van der Waals surface area (Å²) < 4.78 is 7.12. The largest absolute Gasteiger partial charge is 0.480 e. The minimum Gasteiger partial charge on any atom is -0.480 e. The lowest BCUT2D eigenvalue weighted by Gasteiger charge is -2.28. The first-order valence-corrected chi connectivity index (χ1v) is 9.10. The van der Waals surface area contributed by atoms with Gasteiger partial charge in [-0.3, -0.25) is 4.79 Å². The van der Waals surface area contributed by atoms with Crippen LogP contribution in [-0.4, -0.2) is 5.78 Å². The van der Waals surface area contributed by atoms with Gasteiger partial charge in [-0.15, -0.1) is 0 Å². The first kappa shape index (κ1) is 16.6. The van der Waals surface area contributed by atoms with Gasteiger partial charge in [0.05, 0.1) is 11.1 Å². The van der Waals surface area contributed by atoms with E-state index >= 15 is 0 Å². The van der Waals surface area contributed by atoms with Crippen LogP contribution in [0.4, 0.5) is 5.69 Å². The highest BCUT2D eigenvalue weighted by Gasteiger charge is 2.33. The Labute approximate surface area is 160 Å². The molecule has 0 bridgehead atoms. The fourth-order valence-corrected chi connectivity index (χ4v) is 3.47. The number of carbonyl (C=O) groups excluding carboxylic acids is 1. The van der Waals surface area contributed by atoms with E-state index in [1.165, 1.54) is 0 Å². The number of fused-ring (bicyclic) bond motifs is 1. The smallest absolute Gasteiger partial charge is 0.198 e. The second-order valence-electron chi connectivity index (χ2n) is 5.95. The number of Topliss-reactive ketones (excluding diaryl/α,β-unsaturated/α-hetero) is 1. The summed E-state index contributed by atoms with van der Waals surface area (Å²) in [5, 5.41) is 3.22. The number of ketones is 1. The van der Waals surface area contributed by atoms with Crippen LogP contribution in [0.25, 0.3) is 0 Å². The summed E-state index contributed by atoms with van der Waals surface area (Å²) >= 11 is 3.58. The molecule has 0 aromatic heterocycles. The first-order chi connectivity index (χ1) is 12.7. The molecule has 0 amide bonds. The summed E-state index contributed by atoms with van der Waals surface area (Å²) in [7, 11) is 0. The molecule has 3 aromatic carbocycles. The molecule has 1 atom stereocenters. The number of hydrogen-bond acceptors (Lipinski definition) is 3. The molecule has 26 heavy (non-hydrogen) atoms. The fourth-order valence-electron chi connectivity index (χ4n) is 2.98. The number of anilines is 1. The van der Waals surface area contributed by atoms with E-state index in [1.54, 1.807) is 12.3 Å². The van der Waals surface area contributed by atoms with Crippen molar-refractivity contribution in [1.82, 2.24) is 0 Å². The van der Waals surface area contributed by atoms with Crippen molar-refractivity contribution in [2.75, 3.05) is 5.32 Å². The zero-order chi connectivity index (χ0) is 17.9. The van der Waals surface area contributed by atoms with Gasteiger partial charge in [-0.25, -0.2) is 0 Å². The standard InChI is InChI=1S/C22H16BrNO2/c23-19-12-6-4-10-16(19)22-18(14-24-15-8-2-1-3-9-15)21(25)17-11-5-7-13-20(17)26-22/h1-14,22,24H/b18-14+. The average Bonchev–Trinajstić information content (AvgIpc) is 2.68. The number of rotatable bonds is 3. The van der Waals surface area contributed by atoms with Gasteiger partial charge in [-0.1, -0.05) is 64.5 Å². The minimum atomic E-state index is -0.482. The van der Waals surface area contributed by atoms with Gasteiger partial charge in [0, 0.05) is 21.9 Å². The molecule has 1 N–H and O–H groups in total. The van der Waals surface area contributed by atoms with Crippen LogP contribution in [0.3, 0.4) is 0 Å². The zero-order valence-electron chi connectivity index (χ0n) is 13.9. The maximum absolute atomic E-state index is 13.1. The SMILES string of the molecule is O=C1/C(=C\Nc2ccccc2)C(c2ccccc2Br)Oc2ccccc21. The molecule has 3 aromatic rings. The van der Waals surface area contributed by atoms with Crippen molar-refractivity contribution in [3.8, 4) is 5.75 Å². The lowest BCUT2D eigenvalue weighted by molar-refractivity contribution is 0.0960. The summed E-state index contributed by atoms with van der Waals surface area (Å²) in [4.78, 5) is 13.1.